The molecule has 0 aliphatic carbocycles. The maximum atomic E-state index is 12.7. The van der Waals surface area contributed by atoms with Gasteiger partial charge in [-0.1, -0.05) is 11.6 Å². The van der Waals surface area contributed by atoms with Crippen molar-refractivity contribution in [3.05, 3.63) is 62.7 Å². The number of carbonyl (C=O) groups is 1. The van der Waals surface area contributed by atoms with Crippen LogP contribution in [-0.2, 0) is 22.1 Å². The van der Waals surface area contributed by atoms with Crippen LogP contribution in [-0.4, -0.2) is 29.2 Å². The first-order valence-corrected chi connectivity index (χ1v) is 8.08. The number of esters is 1. The van der Waals surface area contributed by atoms with Crippen LogP contribution in [0.25, 0.3) is 0 Å². The van der Waals surface area contributed by atoms with Crippen molar-refractivity contribution in [2.75, 3.05) is 13.2 Å². The van der Waals surface area contributed by atoms with Crippen LogP contribution in [0.15, 0.2) is 36.4 Å². The van der Waals surface area contributed by atoms with Crippen LogP contribution >= 0.6 is 11.6 Å². The zero-order valence-corrected chi connectivity index (χ0v) is 14.8. The fourth-order valence-electron chi connectivity index (χ4n) is 2.20. The van der Waals surface area contributed by atoms with E-state index in [4.69, 9.17) is 21.4 Å². The van der Waals surface area contributed by atoms with E-state index in [1.807, 2.05) is 0 Å². The Morgan fingerprint density at radius 3 is 2.50 bits per heavy atom. The summed E-state index contributed by atoms with van der Waals surface area (Å²) in [6.45, 7) is -0.659. The van der Waals surface area contributed by atoms with Crippen LogP contribution in [0.1, 0.15) is 11.1 Å². The van der Waals surface area contributed by atoms with E-state index in [9.17, 15) is 28.1 Å². The number of carbonyl (C=O) groups excluding carboxylic acids is 1. The maximum absolute atomic E-state index is 12.7. The minimum absolute atomic E-state index is 0.0252. The standard InChI is InChI=1S/C17H13ClF3NO6/c18-13-9-11(17(19,20)21)1-4-15(13)28-12-2-3-14(22(25)26)10(7-12)8-16(24)27-6-5-23/h1-4,7,9,23H,5-6,8H2. The summed E-state index contributed by atoms with van der Waals surface area (Å²) in [4.78, 5) is 22.1. The fourth-order valence-corrected chi connectivity index (χ4v) is 2.42. The first-order chi connectivity index (χ1) is 13.1. The Kier molecular flexibility index (Phi) is 6.81. The lowest BCUT2D eigenvalue weighted by Gasteiger charge is -2.12. The Morgan fingerprint density at radius 1 is 1.21 bits per heavy atom. The lowest BCUT2D eigenvalue weighted by Crippen LogP contribution is -2.12. The molecule has 0 bridgehead atoms. The summed E-state index contributed by atoms with van der Waals surface area (Å²) >= 11 is 5.82. The van der Waals surface area contributed by atoms with Crippen molar-refractivity contribution >= 4 is 23.3 Å². The number of aliphatic hydroxyl groups excluding tert-OH is 1. The lowest BCUT2D eigenvalue weighted by molar-refractivity contribution is -0.385. The smallest absolute Gasteiger partial charge is 0.416 e. The van der Waals surface area contributed by atoms with Gasteiger partial charge in [-0.05, 0) is 30.3 Å². The first-order valence-electron chi connectivity index (χ1n) is 7.70. The van der Waals surface area contributed by atoms with Gasteiger partial charge in [0.05, 0.1) is 28.5 Å². The molecule has 28 heavy (non-hydrogen) atoms. The van der Waals surface area contributed by atoms with Gasteiger partial charge in [0, 0.05) is 11.6 Å². The Morgan fingerprint density at radius 2 is 1.93 bits per heavy atom. The van der Waals surface area contributed by atoms with Crippen molar-refractivity contribution in [2.45, 2.75) is 12.6 Å². The summed E-state index contributed by atoms with van der Waals surface area (Å²) in [6, 6.07) is 5.97. The van der Waals surface area contributed by atoms with Gasteiger partial charge in [-0.2, -0.15) is 13.2 Å². The molecule has 2 aromatic carbocycles. The molecule has 0 fully saturated rings. The molecule has 150 valence electrons. The van der Waals surface area contributed by atoms with E-state index in [1.54, 1.807) is 0 Å². The molecule has 1 N–H and O–H groups in total. The second-order valence-electron chi connectivity index (χ2n) is 5.41. The summed E-state index contributed by atoms with van der Waals surface area (Å²) < 4.78 is 48.1. The van der Waals surface area contributed by atoms with Crippen LogP contribution in [0, 0.1) is 10.1 Å². The molecule has 2 rings (SSSR count). The zero-order valence-electron chi connectivity index (χ0n) is 14.0. The summed E-state index contributed by atoms with van der Waals surface area (Å²) in [6.07, 6.45) is -5.04. The van der Waals surface area contributed by atoms with Gasteiger partial charge in [0.1, 0.15) is 18.1 Å². The van der Waals surface area contributed by atoms with Gasteiger partial charge in [0.15, 0.2) is 0 Å². The summed E-state index contributed by atoms with van der Waals surface area (Å²) in [5.74, 6) is -0.878. The molecule has 0 aromatic heterocycles. The highest BCUT2D eigenvalue weighted by Gasteiger charge is 2.31. The Labute approximate surface area is 161 Å². The monoisotopic (exact) mass is 419 g/mol. The average Bonchev–Trinajstić information content (AvgIpc) is 2.60. The average molecular weight is 420 g/mol. The largest absolute Gasteiger partial charge is 0.463 e. The third kappa shape index (κ3) is 5.57. The fraction of sp³-hybridized carbons (Fsp3) is 0.235. The van der Waals surface area contributed by atoms with Crippen LogP contribution in [0.2, 0.25) is 5.02 Å². The van der Waals surface area contributed by atoms with Crippen LogP contribution in [0.4, 0.5) is 18.9 Å². The Balaban J connectivity index is 2.28. The van der Waals surface area contributed by atoms with Gasteiger partial charge >= 0.3 is 12.1 Å². The molecule has 0 aliphatic rings. The van der Waals surface area contributed by atoms with E-state index in [0.717, 1.165) is 18.2 Å². The predicted octanol–water partition coefficient (Wildman–Crippen LogP) is 4.14. The van der Waals surface area contributed by atoms with Crippen molar-refractivity contribution in [3.63, 3.8) is 0 Å². The van der Waals surface area contributed by atoms with Gasteiger partial charge in [-0.15, -0.1) is 0 Å². The highest BCUT2D eigenvalue weighted by Crippen LogP contribution is 2.37. The second-order valence-corrected chi connectivity index (χ2v) is 5.82. The van der Waals surface area contributed by atoms with Gasteiger partial charge in [-0.25, -0.2) is 0 Å². The molecule has 0 saturated carbocycles. The number of hydrogen-bond acceptors (Lipinski definition) is 6. The van der Waals surface area contributed by atoms with Gasteiger partial charge in [0.25, 0.3) is 5.69 Å². The normalized spacial score (nSPS) is 11.2. The molecule has 0 heterocycles. The van der Waals surface area contributed by atoms with Gasteiger partial charge in [-0.3, -0.25) is 14.9 Å². The number of rotatable bonds is 7. The van der Waals surface area contributed by atoms with Crippen molar-refractivity contribution in [1.29, 1.82) is 0 Å². The van der Waals surface area contributed by atoms with E-state index in [2.05, 4.69) is 4.74 Å². The molecular weight excluding hydrogens is 407 g/mol. The van der Waals surface area contributed by atoms with E-state index in [-0.39, 0.29) is 34.4 Å². The first kappa shape index (κ1) is 21.5. The predicted molar refractivity (Wildman–Crippen MR) is 91.4 cm³/mol. The minimum atomic E-state index is -4.57. The topological polar surface area (TPSA) is 98.9 Å². The Hall–Kier alpha value is -2.85. The van der Waals surface area contributed by atoms with Crippen LogP contribution in [0.5, 0.6) is 11.5 Å². The van der Waals surface area contributed by atoms with Gasteiger partial charge < -0.3 is 14.6 Å². The Bertz CT molecular complexity index is 888. The summed E-state index contributed by atoms with van der Waals surface area (Å²) in [5.41, 5.74) is -1.36. The van der Waals surface area contributed by atoms with Crippen molar-refractivity contribution in [1.82, 2.24) is 0 Å². The number of nitro benzene ring substituents is 1. The number of benzene rings is 2. The van der Waals surface area contributed by atoms with Crippen LogP contribution < -0.4 is 4.74 Å². The van der Waals surface area contributed by atoms with Crippen molar-refractivity contribution < 1.29 is 37.5 Å². The second kappa shape index (κ2) is 8.89. The molecule has 0 spiro atoms. The SMILES string of the molecule is O=C(Cc1cc(Oc2ccc(C(F)(F)F)cc2Cl)ccc1[N+](=O)[O-])OCCO. The molecule has 0 radical (unpaired) electrons. The van der Waals surface area contributed by atoms with Gasteiger partial charge in [0.2, 0.25) is 0 Å². The summed E-state index contributed by atoms with van der Waals surface area (Å²) in [5, 5.41) is 19.4. The third-order valence-corrected chi connectivity index (χ3v) is 3.72. The van der Waals surface area contributed by atoms with Crippen LogP contribution in [0.3, 0.4) is 0 Å². The molecule has 0 saturated heterocycles. The van der Waals surface area contributed by atoms with E-state index in [1.165, 1.54) is 12.1 Å². The molecule has 0 amide bonds. The third-order valence-electron chi connectivity index (χ3n) is 3.42. The van der Waals surface area contributed by atoms with E-state index in [0.29, 0.717) is 6.07 Å². The number of nitrogens with zero attached hydrogens (tertiary/aromatic N) is 1. The molecule has 0 unspecified atom stereocenters. The van der Waals surface area contributed by atoms with E-state index < -0.39 is 35.7 Å². The molecule has 2 aromatic rings. The molecule has 11 heteroatoms. The zero-order chi connectivity index (χ0) is 20.9. The number of nitro groups is 1. The number of ether oxygens (including phenoxy) is 2. The number of alkyl halides is 3. The minimum Gasteiger partial charge on any atom is -0.463 e. The van der Waals surface area contributed by atoms with Crippen molar-refractivity contribution in [3.8, 4) is 11.5 Å². The number of hydrogen-bond donors (Lipinski definition) is 1. The highest BCUT2D eigenvalue weighted by molar-refractivity contribution is 6.32. The lowest BCUT2D eigenvalue weighted by atomic mass is 10.1. The van der Waals surface area contributed by atoms with Crippen molar-refractivity contribution in [2.24, 2.45) is 0 Å². The molecule has 0 aliphatic heterocycles. The van der Waals surface area contributed by atoms with E-state index >= 15 is 0 Å². The summed E-state index contributed by atoms with van der Waals surface area (Å²) in [7, 11) is 0. The maximum Gasteiger partial charge on any atom is 0.416 e. The molecular formula is C17H13ClF3NO6. The molecule has 0 atom stereocenters. The number of halogens is 4. The highest BCUT2D eigenvalue weighted by atomic mass is 35.5. The number of aliphatic hydroxyl groups is 1. The molecule has 7 nitrogen and oxygen atoms in total. The quantitative estimate of drug-likeness (QED) is 0.411.